The minimum Gasteiger partial charge on any atom is -0.497 e. The maximum absolute atomic E-state index is 5.90. The number of para-hydroxylation sites is 1. The molecule has 0 heterocycles. The van der Waals surface area contributed by atoms with E-state index in [0.717, 1.165) is 24.4 Å². The van der Waals surface area contributed by atoms with Gasteiger partial charge in [0.25, 0.3) is 0 Å². The molecule has 0 spiro atoms. The minimum absolute atomic E-state index is 0.428. The molecule has 0 fully saturated rings. The Kier molecular flexibility index (Phi) is 6.29. The Hall–Kier alpha value is -2.69. The van der Waals surface area contributed by atoms with Gasteiger partial charge < -0.3 is 20.7 Å². The number of rotatable bonds is 7. The van der Waals surface area contributed by atoms with E-state index in [1.165, 1.54) is 5.69 Å². The summed E-state index contributed by atoms with van der Waals surface area (Å²) in [7, 11) is 3.72. The average Bonchev–Trinajstić information content (AvgIpc) is 2.60. The van der Waals surface area contributed by atoms with E-state index in [9.17, 15) is 0 Å². The van der Waals surface area contributed by atoms with Crippen molar-refractivity contribution in [3.63, 3.8) is 0 Å². The van der Waals surface area contributed by atoms with Gasteiger partial charge >= 0.3 is 0 Å². The molecule has 0 saturated heterocycles. The number of hydrogen-bond acceptors (Lipinski definition) is 3. The van der Waals surface area contributed by atoms with E-state index in [4.69, 9.17) is 10.5 Å². The average molecular weight is 312 g/mol. The topological polar surface area (TPSA) is 62.9 Å². The van der Waals surface area contributed by atoms with Crippen LogP contribution in [-0.4, -0.2) is 33.2 Å². The Morgan fingerprint density at radius 1 is 1.13 bits per heavy atom. The van der Waals surface area contributed by atoms with E-state index in [1.54, 1.807) is 7.11 Å². The second-order valence-electron chi connectivity index (χ2n) is 5.23. The zero-order chi connectivity index (χ0) is 16.5. The highest BCUT2D eigenvalue weighted by Gasteiger charge is 1.99. The number of anilines is 2. The summed E-state index contributed by atoms with van der Waals surface area (Å²) in [5.74, 6) is 1.24. The summed E-state index contributed by atoms with van der Waals surface area (Å²) in [6.45, 7) is 1.62. The monoisotopic (exact) mass is 312 g/mol. The van der Waals surface area contributed by atoms with E-state index < -0.39 is 0 Å². The van der Waals surface area contributed by atoms with Crippen LogP contribution in [0, 0.1) is 0 Å². The predicted molar refractivity (Wildman–Crippen MR) is 97.4 cm³/mol. The minimum atomic E-state index is 0.428. The summed E-state index contributed by atoms with van der Waals surface area (Å²) >= 11 is 0. The Labute approximate surface area is 137 Å². The summed E-state index contributed by atoms with van der Waals surface area (Å²) < 4.78 is 5.12. The molecule has 2 aromatic carbocycles. The third kappa shape index (κ3) is 5.54. The van der Waals surface area contributed by atoms with Crippen molar-refractivity contribution >= 4 is 17.3 Å². The molecule has 0 unspecified atom stereocenters. The number of benzene rings is 2. The molecule has 0 aromatic heterocycles. The molecular formula is C18H24N4O. The molecule has 0 aliphatic carbocycles. The molecule has 0 radical (unpaired) electrons. The molecule has 5 nitrogen and oxygen atoms in total. The van der Waals surface area contributed by atoms with Crippen LogP contribution in [0.2, 0.25) is 0 Å². The van der Waals surface area contributed by atoms with Gasteiger partial charge in [-0.05, 0) is 42.8 Å². The fraction of sp³-hybridized carbons (Fsp3) is 0.278. The third-order valence-corrected chi connectivity index (χ3v) is 3.49. The fourth-order valence-electron chi connectivity index (χ4n) is 2.18. The Bertz CT molecular complexity index is 611. The zero-order valence-corrected chi connectivity index (χ0v) is 13.7. The SMILES string of the molecule is COc1ccc(NC(N)=NCCCN(C)c2ccccc2)cc1. The van der Waals surface area contributed by atoms with Gasteiger partial charge in [-0.2, -0.15) is 0 Å². The molecule has 3 N–H and O–H groups in total. The summed E-state index contributed by atoms with van der Waals surface area (Å²) in [6, 6.07) is 17.9. The lowest BCUT2D eigenvalue weighted by atomic mass is 10.3. The summed E-state index contributed by atoms with van der Waals surface area (Å²) in [5, 5.41) is 3.07. The highest BCUT2D eigenvalue weighted by molar-refractivity contribution is 5.92. The quantitative estimate of drug-likeness (QED) is 0.469. The van der Waals surface area contributed by atoms with E-state index in [0.29, 0.717) is 12.5 Å². The Morgan fingerprint density at radius 2 is 1.83 bits per heavy atom. The van der Waals surface area contributed by atoms with Crippen molar-refractivity contribution in [2.24, 2.45) is 10.7 Å². The normalized spacial score (nSPS) is 11.1. The fourth-order valence-corrected chi connectivity index (χ4v) is 2.18. The van der Waals surface area contributed by atoms with Crippen molar-refractivity contribution in [2.75, 3.05) is 37.5 Å². The summed E-state index contributed by atoms with van der Waals surface area (Å²) in [5.41, 5.74) is 8.00. The predicted octanol–water partition coefficient (Wildman–Crippen LogP) is 2.95. The van der Waals surface area contributed by atoms with Crippen molar-refractivity contribution in [1.82, 2.24) is 0 Å². The van der Waals surface area contributed by atoms with Crippen molar-refractivity contribution in [3.8, 4) is 5.75 Å². The van der Waals surface area contributed by atoms with Crippen LogP contribution in [-0.2, 0) is 0 Å². The maximum atomic E-state index is 5.90. The molecule has 23 heavy (non-hydrogen) atoms. The maximum Gasteiger partial charge on any atom is 0.193 e. The second kappa shape index (κ2) is 8.68. The largest absolute Gasteiger partial charge is 0.497 e. The molecule has 5 heteroatoms. The summed E-state index contributed by atoms with van der Waals surface area (Å²) in [6.07, 6.45) is 0.941. The van der Waals surface area contributed by atoms with Crippen LogP contribution >= 0.6 is 0 Å². The van der Waals surface area contributed by atoms with Gasteiger partial charge in [0.2, 0.25) is 0 Å². The Morgan fingerprint density at radius 3 is 2.48 bits per heavy atom. The molecule has 0 bridgehead atoms. The van der Waals surface area contributed by atoms with Crippen molar-refractivity contribution in [2.45, 2.75) is 6.42 Å². The number of aliphatic imine (C=N–C) groups is 1. The van der Waals surface area contributed by atoms with Crippen LogP contribution < -0.4 is 20.7 Å². The first-order valence-electron chi connectivity index (χ1n) is 7.66. The van der Waals surface area contributed by atoms with Crippen LogP contribution in [0.25, 0.3) is 0 Å². The molecule has 2 aromatic rings. The van der Waals surface area contributed by atoms with Gasteiger partial charge in [-0.25, -0.2) is 0 Å². The lowest BCUT2D eigenvalue weighted by molar-refractivity contribution is 0.415. The van der Waals surface area contributed by atoms with Gasteiger partial charge in [-0.1, -0.05) is 18.2 Å². The molecule has 0 aliphatic heterocycles. The van der Waals surface area contributed by atoms with Crippen LogP contribution in [0.4, 0.5) is 11.4 Å². The van der Waals surface area contributed by atoms with Crippen LogP contribution in [0.3, 0.4) is 0 Å². The molecule has 0 saturated carbocycles. The number of guanidine groups is 1. The smallest absolute Gasteiger partial charge is 0.193 e. The molecule has 2 rings (SSSR count). The number of nitrogens with zero attached hydrogens (tertiary/aromatic N) is 2. The van der Waals surface area contributed by atoms with Crippen LogP contribution in [0.1, 0.15) is 6.42 Å². The standard InChI is InChI=1S/C18H24N4O/c1-22(16-7-4-3-5-8-16)14-6-13-20-18(19)21-15-9-11-17(23-2)12-10-15/h3-5,7-12H,6,13-14H2,1-2H3,(H3,19,20,21). The van der Waals surface area contributed by atoms with Gasteiger partial charge in [0.15, 0.2) is 5.96 Å². The molecule has 122 valence electrons. The van der Waals surface area contributed by atoms with Gasteiger partial charge in [0, 0.05) is 31.5 Å². The van der Waals surface area contributed by atoms with Crippen LogP contribution in [0.5, 0.6) is 5.75 Å². The van der Waals surface area contributed by atoms with E-state index in [2.05, 4.69) is 34.4 Å². The van der Waals surface area contributed by atoms with Gasteiger partial charge in [-0.15, -0.1) is 0 Å². The molecule has 0 amide bonds. The van der Waals surface area contributed by atoms with Crippen molar-refractivity contribution in [3.05, 3.63) is 54.6 Å². The van der Waals surface area contributed by atoms with Gasteiger partial charge in [0.1, 0.15) is 5.75 Å². The van der Waals surface area contributed by atoms with Crippen molar-refractivity contribution in [1.29, 1.82) is 0 Å². The number of methoxy groups -OCH3 is 1. The van der Waals surface area contributed by atoms with Crippen LogP contribution in [0.15, 0.2) is 59.6 Å². The lowest BCUT2D eigenvalue weighted by Crippen LogP contribution is -2.24. The zero-order valence-electron chi connectivity index (χ0n) is 13.7. The first-order valence-corrected chi connectivity index (χ1v) is 7.66. The number of nitrogens with one attached hydrogen (secondary N) is 1. The number of hydrogen-bond donors (Lipinski definition) is 2. The van der Waals surface area contributed by atoms with Crippen molar-refractivity contribution < 1.29 is 4.74 Å². The van der Waals surface area contributed by atoms with Gasteiger partial charge in [-0.3, -0.25) is 4.99 Å². The number of ether oxygens (including phenoxy) is 1. The first kappa shape index (κ1) is 16.7. The molecule has 0 aliphatic rings. The van der Waals surface area contributed by atoms with E-state index in [-0.39, 0.29) is 0 Å². The highest BCUT2D eigenvalue weighted by atomic mass is 16.5. The van der Waals surface area contributed by atoms with E-state index in [1.807, 2.05) is 42.5 Å². The van der Waals surface area contributed by atoms with E-state index >= 15 is 0 Å². The molecule has 0 atom stereocenters. The second-order valence-corrected chi connectivity index (χ2v) is 5.23. The third-order valence-electron chi connectivity index (χ3n) is 3.49. The first-order chi connectivity index (χ1) is 11.2. The number of nitrogens with two attached hydrogens (primary N) is 1. The lowest BCUT2D eigenvalue weighted by Gasteiger charge is -2.18. The van der Waals surface area contributed by atoms with Gasteiger partial charge in [0.05, 0.1) is 7.11 Å². The summed E-state index contributed by atoms with van der Waals surface area (Å²) in [4.78, 5) is 6.56. The Balaban J connectivity index is 1.74. The molecular weight excluding hydrogens is 288 g/mol. The highest BCUT2D eigenvalue weighted by Crippen LogP contribution is 2.14.